The van der Waals surface area contributed by atoms with Gasteiger partial charge in [0, 0.05) is 6.61 Å². The lowest BCUT2D eigenvalue weighted by Gasteiger charge is -2.47. The van der Waals surface area contributed by atoms with Gasteiger partial charge in [-0.05, 0) is 55.6 Å². The molecule has 1 saturated carbocycles. The van der Waals surface area contributed by atoms with Crippen molar-refractivity contribution in [1.29, 1.82) is 0 Å². The molecular formula is C19H26O2. The Bertz CT molecular complexity index is 513. The molecule has 1 heterocycles. The van der Waals surface area contributed by atoms with Gasteiger partial charge in [-0.3, -0.25) is 0 Å². The van der Waals surface area contributed by atoms with Gasteiger partial charge in [-0.25, -0.2) is 0 Å². The van der Waals surface area contributed by atoms with E-state index in [-0.39, 0.29) is 5.60 Å². The Hall–Kier alpha value is -0.860. The standard InChI is InChI=1S/C19H26O2/c20-19(12-8-15-6-2-3-7-17(15)19)16-9-13-21-18(14-16)10-4-1-5-11-18/h2-3,6-7,16,20H,1,4-5,8-14H2. The van der Waals surface area contributed by atoms with E-state index in [1.807, 2.05) is 0 Å². The summed E-state index contributed by atoms with van der Waals surface area (Å²) in [7, 11) is 0. The minimum absolute atomic E-state index is 0.0778. The van der Waals surface area contributed by atoms with E-state index in [1.165, 1.54) is 43.2 Å². The van der Waals surface area contributed by atoms with Gasteiger partial charge in [-0.2, -0.15) is 0 Å². The molecule has 2 atom stereocenters. The molecule has 2 nitrogen and oxygen atoms in total. The molecule has 1 spiro atoms. The molecule has 2 fully saturated rings. The third-order valence-electron chi connectivity index (χ3n) is 6.19. The summed E-state index contributed by atoms with van der Waals surface area (Å²) >= 11 is 0. The zero-order valence-electron chi connectivity index (χ0n) is 12.8. The van der Waals surface area contributed by atoms with E-state index in [4.69, 9.17) is 4.74 Å². The smallest absolute Gasteiger partial charge is 0.0932 e. The maximum absolute atomic E-state index is 11.4. The van der Waals surface area contributed by atoms with Gasteiger partial charge in [-0.1, -0.05) is 43.5 Å². The Kier molecular flexibility index (Phi) is 3.35. The van der Waals surface area contributed by atoms with Crippen LogP contribution >= 0.6 is 0 Å². The monoisotopic (exact) mass is 286 g/mol. The van der Waals surface area contributed by atoms with Crippen LogP contribution in [0.2, 0.25) is 0 Å². The van der Waals surface area contributed by atoms with Crippen molar-refractivity contribution in [3.8, 4) is 0 Å². The molecule has 21 heavy (non-hydrogen) atoms. The van der Waals surface area contributed by atoms with Crippen molar-refractivity contribution in [3.05, 3.63) is 35.4 Å². The van der Waals surface area contributed by atoms with Crippen molar-refractivity contribution in [2.45, 2.75) is 69.0 Å². The molecule has 2 heteroatoms. The van der Waals surface area contributed by atoms with Gasteiger partial charge in [0.2, 0.25) is 0 Å². The largest absolute Gasteiger partial charge is 0.385 e. The summed E-state index contributed by atoms with van der Waals surface area (Å²) in [5, 5.41) is 11.4. The van der Waals surface area contributed by atoms with Crippen LogP contribution in [0.3, 0.4) is 0 Å². The van der Waals surface area contributed by atoms with Gasteiger partial charge in [-0.15, -0.1) is 0 Å². The summed E-state index contributed by atoms with van der Waals surface area (Å²) in [6.07, 6.45) is 10.3. The third-order valence-corrected chi connectivity index (χ3v) is 6.19. The number of ether oxygens (including phenoxy) is 1. The lowest BCUT2D eigenvalue weighted by Crippen LogP contribution is -2.47. The SMILES string of the molecule is OC1(C2CCOC3(CCCCC3)C2)CCc2ccccc21. The summed E-state index contributed by atoms with van der Waals surface area (Å²) in [6.45, 7) is 0.829. The van der Waals surface area contributed by atoms with Crippen LogP contribution in [0.1, 0.15) is 62.5 Å². The Morgan fingerprint density at radius 2 is 1.86 bits per heavy atom. The van der Waals surface area contributed by atoms with Gasteiger partial charge in [0.1, 0.15) is 0 Å². The maximum Gasteiger partial charge on any atom is 0.0932 e. The van der Waals surface area contributed by atoms with Crippen molar-refractivity contribution in [1.82, 2.24) is 0 Å². The fraction of sp³-hybridized carbons (Fsp3) is 0.684. The van der Waals surface area contributed by atoms with Crippen molar-refractivity contribution >= 4 is 0 Å². The van der Waals surface area contributed by atoms with Gasteiger partial charge < -0.3 is 9.84 Å². The van der Waals surface area contributed by atoms with E-state index in [9.17, 15) is 5.11 Å². The summed E-state index contributed by atoms with van der Waals surface area (Å²) in [5.74, 6) is 0.369. The third kappa shape index (κ3) is 2.24. The molecule has 3 aliphatic rings. The fourth-order valence-corrected chi connectivity index (χ4v) is 5.02. The van der Waals surface area contributed by atoms with Crippen LogP contribution in [0.4, 0.5) is 0 Å². The molecule has 1 aromatic rings. The molecule has 0 aromatic heterocycles. The minimum atomic E-state index is -0.606. The summed E-state index contributed by atoms with van der Waals surface area (Å²) in [6, 6.07) is 8.50. The Labute approximate surface area is 127 Å². The molecule has 1 aliphatic heterocycles. The summed E-state index contributed by atoms with van der Waals surface area (Å²) < 4.78 is 6.22. The molecule has 0 amide bonds. The normalized spacial score (nSPS) is 34.8. The molecule has 0 radical (unpaired) electrons. The first-order chi connectivity index (χ1) is 10.2. The quantitative estimate of drug-likeness (QED) is 0.847. The molecule has 1 aromatic carbocycles. The molecule has 1 N–H and O–H groups in total. The van der Waals surface area contributed by atoms with Crippen molar-refractivity contribution in [2.24, 2.45) is 5.92 Å². The van der Waals surface area contributed by atoms with E-state index < -0.39 is 5.60 Å². The highest BCUT2D eigenvalue weighted by molar-refractivity contribution is 5.38. The van der Waals surface area contributed by atoms with Crippen molar-refractivity contribution in [2.75, 3.05) is 6.61 Å². The fourth-order valence-electron chi connectivity index (χ4n) is 5.02. The number of rotatable bonds is 1. The average molecular weight is 286 g/mol. The number of benzene rings is 1. The number of fused-ring (bicyclic) bond motifs is 1. The van der Waals surface area contributed by atoms with E-state index in [1.54, 1.807) is 0 Å². The molecular weight excluding hydrogens is 260 g/mol. The zero-order valence-corrected chi connectivity index (χ0v) is 12.8. The first-order valence-corrected chi connectivity index (χ1v) is 8.67. The van der Waals surface area contributed by atoms with Crippen LogP contribution in [0, 0.1) is 5.92 Å². The maximum atomic E-state index is 11.4. The second-order valence-corrected chi connectivity index (χ2v) is 7.36. The highest BCUT2D eigenvalue weighted by Crippen LogP contribution is 2.50. The number of aliphatic hydroxyl groups is 1. The Morgan fingerprint density at radius 3 is 2.71 bits per heavy atom. The molecule has 2 unspecified atom stereocenters. The lowest BCUT2D eigenvalue weighted by atomic mass is 9.69. The molecule has 114 valence electrons. The number of aryl methyl sites for hydroxylation is 1. The van der Waals surface area contributed by atoms with Gasteiger partial charge in [0.05, 0.1) is 11.2 Å². The summed E-state index contributed by atoms with van der Waals surface area (Å²) in [4.78, 5) is 0. The number of hydrogen-bond donors (Lipinski definition) is 1. The number of hydrogen-bond acceptors (Lipinski definition) is 2. The van der Waals surface area contributed by atoms with E-state index in [0.717, 1.165) is 32.3 Å². The van der Waals surface area contributed by atoms with Gasteiger partial charge in [0.15, 0.2) is 0 Å². The average Bonchev–Trinajstić information content (AvgIpc) is 2.87. The Balaban J connectivity index is 1.61. The predicted octanol–water partition coefficient (Wildman–Crippen LogP) is 3.95. The van der Waals surface area contributed by atoms with Crippen LogP contribution in [0.5, 0.6) is 0 Å². The Morgan fingerprint density at radius 1 is 1.05 bits per heavy atom. The lowest BCUT2D eigenvalue weighted by molar-refractivity contribution is -0.158. The van der Waals surface area contributed by atoms with E-state index in [2.05, 4.69) is 24.3 Å². The second-order valence-electron chi connectivity index (χ2n) is 7.36. The van der Waals surface area contributed by atoms with E-state index in [0.29, 0.717) is 5.92 Å². The van der Waals surface area contributed by atoms with Crippen LogP contribution in [0.15, 0.2) is 24.3 Å². The van der Waals surface area contributed by atoms with Gasteiger partial charge >= 0.3 is 0 Å². The first kappa shape index (κ1) is 13.8. The highest BCUT2D eigenvalue weighted by atomic mass is 16.5. The highest BCUT2D eigenvalue weighted by Gasteiger charge is 2.49. The zero-order chi connectivity index (χ0) is 14.3. The molecule has 1 saturated heterocycles. The summed E-state index contributed by atoms with van der Waals surface area (Å²) in [5.41, 5.74) is 2.02. The molecule has 4 rings (SSSR count). The topological polar surface area (TPSA) is 29.5 Å². The van der Waals surface area contributed by atoms with Crippen molar-refractivity contribution in [3.63, 3.8) is 0 Å². The van der Waals surface area contributed by atoms with Crippen LogP contribution in [0.25, 0.3) is 0 Å². The second kappa shape index (κ2) is 5.10. The van der Waals surface area contributed by atoms with E-state index >= 15 is 0 Å². The first-order valence-electron chi connectivity index (χ1n) is 8.67. The molecule has 0 bridgehead atoms. The van der Waals surface area contributed by atoms with Crippen LogP contribution in [-0.2, 0) is 16.8 Å². The van der Waals surface area contributed by atoms with Crippen LogP contribution < -0.4 is 0 Å². The minimum Gasteiger partial charge on any atom is -0.385 e. The van der Waals surface area contributed by atoms with Crippen LogP contribution in [-0.4, -0.2) is 17.3 Å². The van der Waals surface area contributed by atoms with Gasteiger partial charge in [0.25, 0.3) is 0 Å². The van der Waals surface area contributed by atoms with Crippen molar-refractivity contribution < 1.29 is 9.84 Å². The predicted molar refractivity (Wildman–Crippen MR) is 83.2 cm³/mol. The molecule has 2 aliphatic carbocycles.